The monoisotopic (exact) mass is 506 g/mol. The fourth-order valence-corrected chi connectivity index (χ4v) is 4.47. The molecule has 1 N–H and O–H groups in total. The molecule has 1 aromatic carbocycles. The number of fused-ring (bicyclic) bond motifs is 1. The maximum atomic E-state index is 14.9. The van der Waals surface area contributed by atoms with E-state index in [4.69, 9.17) is 0 Å². The van der Waals surface area contributed by atoms with E-state index in [-0.39, 0.29) is 39.8 Å². The number of benzene rings is 1. The van der Waals surface area contributed by atoms with Gasteiger partial charge in [0.25, 0.3) is 5.56 Å². The van der Waals surface area contributed by atoms with Gasteiger partial charge in [0.05, 0.1) is 17.9 Å². The molecular formula is C26H28F2N8O. The molecule has 192 valence electrons. The van der Waals surface area contributed by atoms with Gasteiger partial charge in [-0.3, -0.25) is 9.69 Å². The third-order valence-electron chi connectivity index (χ3n) is 6.44. The van der Waals surface area contributed by atoms with Crippen LogP contribution in [0.25, 0.3) is 22.3 Å². The minimum Gasteiger partial charge on any atom is -0.309 e. The van der Waals surface area contributed by atoms with Gasteiger partial charge in [0.15, 0.2) is 11.6 Å². The van der Waals surface area contributed by atoms with E-state index < -0.39 is 11.6 Å². The highest BCUT2D eigenvalue weighted by atomic mass is 19.1. The van der Waals surface area contributed by atoms with Crippen LogP contribution >= 0.6 is 0 Å². The highest BCUT2D eigenvalue weighted by Crippen LogP contribution is 2.28. The van der Waals surface area contributed by atoms with E-state index in [0.29, 0.717) is 5.82 Å². The Labute approximate surface area is 212 Å². The predicted octanol–water partition coefficient (Wildman–Crippen LogP) is 3.60. The number of nitrogens with one attached hydrogen (secondary N) is 1. The summed E-state index contributed by atoms with van der Waals surface area (Å²) in [6, 6.07) is 6.24. The van der Waals surface area contributed by atoms with Gasteiger partial charge in [0.1, 0.15) is 17.0 Å². The second kappa shape index (κ2) is 10.3. The van der Waals surface area contributed by atoms with Crippen LogP contribution in [0.5, 0.6) is 0 Å². The first kappa shape index (κ1) is 24.8. The van der Waals surface area contributed by atoms with E-state index in [0.717, 1.165) is 56.7 Å². The van der Waals surface area contributed by atoms with Crippen molar-refractivity contribution in [1.82, 2.24) is 34.3 Å². The number of aromatic nitrogens is 5. The zero-order valence-electron chi connectivity index (χ0n) is 20.9. The molecule has 0 saturated carbocycles. The molecule has 0 atom stereocenters. The van der Waals surface area contributed by atoms with Gasteiger partial charge in [-0.1, -0.05) is 6.07 Å². The van der Waals surface area contributed by atoms with Crippen molar-refractivity contribution in [2.75, 3.05) is 38.5 Å². The van der Waals surface area contributed by atoms with Gasteiger partial charge in [0.2, 0.25) is 5.95 Å². The van der Waals surface area contributed by atoms with Crippen LogP contribution in [0.1, 0.15) is 25.5 Å². The third kappa shape index (κ3) is 5.32. The third-order valence-corrected chi connectivity index (χ3v) is 6.44. The number of hydrogen-bond donors (Lipinski definition) is 1. The number of nitrogens with zero attached hydrogens (tertiary/aromatic N) is 7. The molecule has 0 unspecified atom stereocenters. The average Bonchev–Trinajstić information content (AvgIpc) is 2.87. The van der Waals surface area contributed by atoms with Crippen molar-refractivity contribution >= 4 is 22.8 Å². The first-order chi connectivity index (χ1) is 17.8. The van der Waals surface area contributed by atoms with Gasteiger partial charge >= 0.3 is 0 Å². The Morgan fingerprint density at radius 2 is 1.76 bits per heavy atom. The molecule has 4 heterocycles. The van der Waals surface area contributed by atoms with Gasteiger partial charge in [-0.25, -0.2) is 28.7 Å². The molecule has 1 fully saturated rings. The van der Waals surface area contributed by atoms with E-state index >= 15 is 0 Å². The number of pyridine rings is 1. The first-order valence-corrected chi connectivity index (χ1v) is 12.1. The summed E-state index contributed by atoms with van der Waals surface area (Å²) in [5, 5.41) is 2.99. The molecule has 0 spiro atoms. The van der Waals surface area contributed by atoms with Crippen molar-refractivity contribution in [3.63, 3.8) is 0 Å². The number of anilines is 2. The molecule has 1 saturated heterocycles. The summed E-state index contributed by atoms with van der Waals surface area (Å²) < 4.78 is 31.1. The Bertz CT molecular complexity index is 1480. The zero-order chi connectivity index (χ0) is 26.1. The minimum absolute atomic E-state index is 0.0331. The van der Waals surface area contributed by atoms with Crippen LogP contribution in [0.15, 0.2) is 47.7 Å². The number of likely N-dealkylation sites (N-methyl/N-ethyl adjacent to an activating group) is 1. The van der Waals surface area contributed by atoms with Crippen LogP contribution in [0.2, 0.25) is 0 Å². The van der Waals surface area contributed by atoms with E-state index in [2.05, 4.69) is 42.1 Å². The molecule has 9 nitrogen and oxygen atoms in total. The Balaban J connectivity index is 1.40. The number of hydrogen-bond acceptors (Lipinski definition) is 8. The summed E-state index contributed by atoms with van der Waals surface area (Å²) in [5.41, 5.74) is 1.09. The molecule has 0 amide bonds. The quantitative estimate of drug-likeness (QED) is 0.424. The Morgan fingerprint density at radius 3 is 2.46 bits per heavy atom. The summed E-state index contributed by atoms with van der Waals surface area (Å²) in [5.74, 6) is -0.778. The first-order valence-electron chi connectivity index (χ1n) is 12.1. The summed E-state index contributed by atoms with van der Waals surface area (Å²) in [4.78, 5) is 33.7. The van der Waals surface area contributed by atoms with Crippen LogP contribution in [0, 0.1) is 11.6 Å². The maximum Gasteiger partial charge on any atom is 0.269 e. The van der Waals surface area contributed by atoms with Crippen molar-refractivity contribution in [3.8, 4) is 11.3 Å². The molecule has 11 heteroatoms. The van der Waals surface area contributed by atoms with Gasteiger partial charge in [0, 0.05) is 50.5 Å². The molecule has 0 radical (unpaired) electrons. The highest BCUT2D eigenvalue weighted by molar-refractivity contribution is 5.82. The lowest BCUT2D eigenvalue weighted by Crippen LogP contribution is -2.43. The summed E-state index contributed by atoms with van der Waals surface area (Å²) >= 11 is 0. The van der Waals surface area contributed by atoms with Crippen molar-refractivity contribution in [1.29, 1.82) is 0 Å². The second-order valence-corrected chi connectivity index (χ2v) is 9.53. The standard InChI is InChI=1S/C26H28F2N8O/c1-16(2)36-21-11-18(10-19(27)25(21)30-14-23(36)37)24-20(28)13-31-26(33-24)32-22-5-4-17(12-29-22)15-35-8-6-34(3)7-9-35/h4-5,10-14,16H,6-9,15H2,1-3H3,(H,29,31,32,33). The summed E-state index contributed by atoms with van der Waals surface area (Å²) in [6.45, 7) is 8.56. The summed E-state index contributed by atoms with van der Waals surface area (Å²) in [7, 11) is 2.13. The smallest absolute Gasteiger partial charge is 0.269 e. The van der Waals surface area contributed by atoms with Crippen LogP contribution in [-0.2, 0) is 6.54 Å². The van der Waals surface area contributed by atoms with Crippen LogP contribution < -0.4 is 10.9 Å². The highest BCUT2D eigenvalue weighted by Gasteiger charge is 2.18. The topological polar surface area (TPSA) is 92.1 Å². The fraction of sp³-hybridized carbons (Fsp3) is 0.346. The predicted molar refractivity (Wildman–Crippen MR) is 138 cm³/mol. The number of rotatable bonds is 6. The maximum absolute atomic E-state index is 14.9. The number of halogens is 2. The lowest BCUT2D eigenvalue weighted by Gasteiger charge is -2.32. The van der Waals surface area contributed by atoms with Crippen LogP contribution in [0.4, 0.5) is 20.5 Å². The van der Waals surface area contributed by atoms with E-state index in [1.54, 1.807) is 6.20 Å². The minimum atomic E-state index is -0.720. The molecule has 3 aromatic heterocycles. The second-order valence-electron chi connectivity index (χ2n) is 9.53. The van der Waals surface area contributed by atoms with Gasteiger partial charge in [-0.05, 0) is 44.7 Å². The molecule has 0 aliphatic carbocycles. The van der Waals surface area contributed by atoms with Gasteiger partial charge in [-0.15, -0.1) is 0 Å². The zero-order valence-corrected chi connectivity index (χ0v) is 20.9. The molecular weight excluding hydrogens is 478 g/mol. The lowest BCUT2D eigenvalue weighted by atomic mass is 10.1. The van der Waals surface area contributed by atoms with E-state index in [1.807, 2.05) is 26.0 Å². The van der Waals surface area contributed by atoms with Gasteiger partial charge in [-0.2, -0.15) is 0 Å². The van der Waals surface area contributed by atoms with Crippen molar-refractivity contribution < 1.29 is 8.78 Å². The molecule has 5 rings (SSSR count). The van der Waals surface area contributed by atoms with Crippen molar-refractivity contribution in [2.24, 2.45) is 0 Å². The van der Waals surface area contributed by atoms with E-state index in [9.17, 15) is 13.6 Å². The normalized spacial score (nSPS) is 15.0. The Kier molecular flexibility index (Phi) is 6.90. The fourth-order valence-electron chi connectivity index (χ4n) is 4.47. The molecule has 0 bridgehead atoms. The SMILES string of the molecule is CC(C)n1c(=O)cnc2c(F)cc(-c3nc(Nc4ccc(CN5CCN(C)CC5)cn4)ncc3F)cc21. The van der Waals surface area contributed by atoms with Gasteiger partial charge < -0.3 is 14.8 Å². The molecule has 4 aromatic rings. The number of piperazine rings is 1. The molecule has 1 aliphatic heterocycles. The van der Waals surface area contributed by atoms with Crippen molar-refractivity contribution in [3.05, 3.63) is 70.4 Å². The summed E-state index contributed by atoms with van der Waals surface area (Å²) in [6.07, 6.45) is 3.90. The molecule has 1 aliphatic rings. The van der Waals surface area contributed by atoms with Crippen LogP contribution in [0.3, 0.4) is 0 Å². The lowest BCUT2D eigenvalue weighted by molar-refractivity contribution is 0.148. The largest absolute Gasteiger partial charge is 0.309 e. The van der Waals surface area contributed by atoms with E-state index in [1.165, 1.54) is 10.6 Å². The van der Waals surface area contributed by atoms with Crippen molar-refractivity contribution in [2.45, 2.75) is 26.4 Å². The Hall–Kier alpha value is -3.83. The molecule has 37 heavy (non-hydrogen) atoms. The Morgan fingerprint density at radius 1 is 0.973 bits per heavy atom. The van der Waals surface area contributed by atoms with Crippen LogP contribution in [-0.4, -0.2) is 67.5 Å². The average molecular weight is 507 g/mol.